The Morgan fingerprint density at radius 1 is 1.38 bits per heavy atom. The fourth-order valence-electron chi connectivity index (χ4n) is 2.04. The molecule has 1 heterocycles. The number of benzene rings is 1. The number of halogens is 1. The highest BCUT2D eigenvalue weighted by Crippen LogP contribution is 2.23. The Labute approximate surface area is 103 Å². The fraction of sp³-hybridized carbons (Fsp3) is 0.385. The predicted octanol–water partition coefficient (Wildman–Crippen LogP) is 3.18. The smallest absolute Gasteiger partial charge is 0.0459 e. The zero-order valence-electron chi connectivity index (χ0n) is 9.79. The third-order valence-corrected chi connectivity index (χ3v) is 3.00. The van der Waals surface area contributed by atoms with Crippen molar-refractivity contribution in [1.29, 1.82) is 0 Å². The van der Waals surface area contributed by atoms with Crippen LogP contribution in [0.4, 0.5) is 0 Å². The summed E-state index contributed by atoms with van der Waals surface area (Å²) in [5, 5.41) is 1.35. The molecule has 1 aromatic heterocycles. The Balaban J connectivity index is 0.00000128. The van der Waals surface area contributed by atoms with E-state index in [0.717, 1.165) is 12.8 Å². The largest absolute Gasteiger partial charge is 0.361 e. The zero-order valence-corrected chi connectivity index (χ0v) is 10.6. The summed E-state index contributed by atoms with van der Waals surface area (Å²) in [6.07, 6.45) is 4.08. The standard InChI is InChI=1S/C13H18N2.ClH/c1-3-11(14)7-10-8-15-12-6-4-5-9(2)13(10)12;/h4-6,8,11,15H,3,7,14H2,1-2H3;1H. The Kier molecular flexibility index (Phi) is 4.39. The maximum atomic E-state index is 5.99. The average Bonchev–Trinajstić information content (AvgIpc) is 2.63. The molecule has 0 aliphatic heterocycles. The molecule has 0 aliphatic rings. The third-order valence-electron chi connectivity index (χ3n) is 3.00. The van der Waals surface area contributed by atoms with E-state index in [1.165, 1.54) is 22.0 Å². The molecule has 0 amide bonds. The molecule has 3 heteroatoms. The van der Waals surface area contributed by atoms with Crippen molar-refractivity contribution >= 4 is 23.3 Å². The molecule has 0 spiro atoms. The van der Waals surface area contributed by atoms with E-state index in [0.29, 0.717) is 0 Å². The highest BCUT2D eigenvalue weighted by Gasteiger charge is 2.08. The molecule has 0 fully saturated rings. The molecule has 1 aromatic carbocycles. The number of hydrogen-bond donors (Lipinski definition) is 2. The molecule has 0 aliphatic carbocycles. The van der Waals surface area contributed by atoms with Gasteiger partial charge in [-0.25, -0.2) is 0 Å². The van der Waals surface area contributed by atoms with Crippen molar-refractivity contribution in [3.63, 3.8) is 0 Å². The molecule has 16 heavy (non-hydrogen) atoms. The van der Waals surface area contributed by atoms with E-state index in [2.05, 4.69) is 43.2 Å². The molecule has 0 saturated heterocycles. The van der Waals surface area contributed by atoms with Gasteiger partial charge in [-0.05, 0) is 37.0 Å². The molecule has 3 N–H and O–H groups in total. The van der Waals surface area contributed by atoms with Crippen LogP contribution in [0.1, 0.15) is 24.5 Å². The van der Waals surface area contributed by atoms with Crippen LogP contribution in [-0.4, -0.2) is 11.0 Å². The van der Waals surface area contributed by atoms with Crippen LogP contribution in [0.3, 0.4) is 0 Å². The van der Waals surface area contributed by atoms with Gasteiger partial charge in [0.15, 0.2) is 0 Å². The second kappa shape index (κ2) is 5.37. The molecular formula is C13H19ClN2. The van der Waals surface area contributed by atoms with Crippen molar-refractivity contribution in [2.75, 3.05) is 0 Å². The van der Waals surface area contributed by atoms with Gasteiger partial charge in [0.2, 0.25) is 0 Å². The third kappa shape index (κ3) is 2.39. The number of nitrogens with one attached hydrogen (secondary N) is 1. The van der Waals surface area contributed by atoms with Gasteiger partial charge >= 0.3 is 0 Å². The summed E-state index contributed by atoms with van der Waals surface area (Å²) in [4.78, 5) is 3.30. The fourth-order valence-corrected chi connectivity index (χ4v) is 2.04. The van der Waals surface area contributed by atoms with Crippen LogP contribution in [0.2, 0.25) is 0 Å². The second-order valence-electron chi connectivity index (χ2n) is 4.18. The summed E-state index contributed by atoms with van der Waals surface area (Å²) >= 11 is 0. The first-order chi connectivity index (χ1) is 7.22. The summed E-state index contributed by atoms with van der Waals surface area (Å²) < 4.78 is 0. The minimum atomic E-state index is 0. The lowest BCUT2D eigenvalue weighted by atomic mass is 10.0. The van der Waals surface area contributed by atoms with E-state index in [9.17, 15) is 0 Å². The van der Waals surface area contributed by atoms with Crippen LogP contribution in [-0.2, 0) is 6.42 Å². The zero-order chi connectivity index (χ0) is 10.8. The number of rotatable bonds is 3. The Morgan fingerprint density at radius 3 is 2.81 bits per heavy atom. The maximum Gasteiger partial charge on any atom is 0.0459 e. The highest BCUT2D eigenvalue weighted by atomic mass is 35.5. The summed E-state index contributed by atoms with van der Waals surface area (Å²) in [6.45, 7) is 4.28. The molecule has 2 aromatic rings. The van der Waals surface area contributed by atoms with Crippen LogP contribution in [0.25, 0.3) is 10.9 Å². The lowest BCUT2D eigenvalue weighted by Crippen LogP contribution is -2.21. The molecule has 0 saturated carbocycles. The SMILES string of the molecule is CCC(N)Cc1c[nH]c2cccc(C)c12.Cl. The second-order valence-corrected chi connectivity index (χ2v) is 4.18. The number of aryl methyl sites for hydroxylation is 1. The van der Waals surface area contributed by atoms with Gasteiger partial charge in [-0.15, -0.1) is 12.4 Å². The van der Waals surface area contributed by atoms with Gasteiger partial charge in [0.25, 0.3) is 0 Å². The van der Waals surface area contributed by atoms with Crippen LogP contribution >= 0.6 is 12.4 Å². The van der Waals surface area contributed by atoms with Gasteiger partial charge < -0.3 is 10.7 Å². The summed E-state index contributed by atoms with van der Waals surface area (Å²) in [5.41, 5.74) is 9.88. The molecule has 1 atom stereocenters. The van der Waals surface area contributed by atoms with Gasteiger partial charge in [0, 0.05) is 23.1 Å². The molecule has 1 unspecified atom stereocenters. The van der Waals surface area contributed by atoms with Crippen molar-refractivity contribution < 1.29 is 0 Å². The molecule has 2 nitrogen and oxygen atoms in total. The first-order valence-electron chi connectivity index (χ1n) is 5.53. The average molecular weight is 239 g/mol. The van der Waals surface area contributed by atoms with E-state index in [-0.39, 0.29) is 18.4 Å². The van der Waals surface area contributed by atoms with E-state index in [4.69, 9.17) is 5.73 Å². The molecular weight excluding hydrogens is 220 g/mol. The Morgan fingerprint density at radius 2 is 2.12 bits per heavy atom. The van der Waals surface area contributed by atoms with Gasteiger partial charge in [0.05, 0.1) is 0 Å². The molecule has 88 valence electrons. The molecule has 2 rings (SSSR count). The number of nitrogens with two attached hydrogens (primary N) is 1. The summed E-state index contributed by atoms with van der Waals surface area (Å²) in [5.74, 6) is 0. The van der Waals surface area contributed by atoms with E-state index >= 15 is 0 Å². The summed E-state index contributed by atoms with van der Waals surface area (Å²) in [7, 11) is 0. The first-order valence-corrected chi connectivity index (χ1v) is 5.53. The quantitative estimate of drug-likeness (QED) is 0.848. The van der Waals surface area contributed by atoms with Crippen molar-refractivity contribution in [2.24, 2.45) is 5.73 Å². The first kappa shape index (κ1) is 13.1. The van der Waals surface area contributed by atoms with Gasteiger partial charge in [-0.2, -0.15) is 0 Å². The van der Waals surface area contributed by atoms with Crippen LogP contribution in [0.15, 0.2) is 24.4 Å². The minimum Gasteiger partial charge on any atom is -0.361 e. The molecule has 0 radical (unpaired) electrons. The topological polar surface area (TPSA) is 41.8 Å². The lowest BCUT2D eigenvalue weighted by Gasteiger charge is -2.08. The van der Waals surface area contributed by atoms with E-state index < -0.39 is 0 Å². The van der Waals surface area contributed by atoms with Crippen molar-refractivity contribution in [3.8, 4) is 0 Å². The van der Waals surface area contributed by atoms with E-state index in [1.54, 1.807) is 0 Å². The number of fused-ring (bicyclic) bond motifs is 1. The molecule has 0 bridgehead atoms. The van der Waals surface area contributed by atoms with Crippen molar-refractivity contribution in [2.45, 2.75) is 32.7 Å². The van der Waals surface area contributed by atoms with Crippen LogP contribution in [0, 0.1) is 6.92 Å². The summed E-state index contributed by atoms with van der Waals surface area (Å²) in [6, 6.07) is 6.61. The van der Waals surface area contributed by atoms with Crippen LogP contribution < -0.4 is 5.73 Å². The minimum absolute atomic E-state index is 0. The number of H-pyrrole nitrogens is 1. The van der Waals surface area contributed by atoms with E-state index in [1.807, 2.05) is 0 Å². The number of hydrogen-bond acceptors (Lipinski definition) is 1. The highest BCUT2D eigenvalue weighted by molar-refractivity contribution is 5.86. The maximum absolute atomic E-state index is 5.99. The Hall–Kier alpha value is -0.990. The Bertz CT molecular complexity index is 462. The number of aromatic nitrogens is 1. The van der Waals surface area contributed by atoms with Gasteiger partial charge in [-0.1, -0.05) is 19.1 Å². The monoisotopic (exact) mass is 238 g/mol. The van der Waals surface area contributed by atoms with Crippen molar-refractivity contribution in [1.82, 2.24) is 4.98 Å². The van der Waals surface area contributed by atoms with Crippen LogP contribution in [0.5, 0.6) is 0 Å². The van der Waals surface area contributed by atoms with Crippen molar-refractivity contribution in [3.05, 3.63) is 35.5 Å². The van der Waals surface area contributed by atoms with Gasteiger partial charge in [0.1, 0.15) is 0 Å². The predicted molar refractivity (Wildman–Crippen MR) is 72.3 cm³/mol. The normalized spacial score (nSPS) is 12.4. The number of aromatic amines is 1. The lowest BCUT2D eigenvalue weighted by molar-refractivity contribution is 0.648. The van der Waals surface area contributed by atoms with Gasteiger partial charge in [-0.3, -0.25) is 0 Å².